The summed E-state index contributed by atoms with van der Waals surface area (Å²) >= 11 is 0. The minimum atomic E-state index is -1.05. The molecule has 1 amide bonds. The molecule has 0 heterocycles. The highest BCUT2D eigenvalue weighted by molar-refractivity contribution is 6.04. The van der Waals surface area contributed by atoms with E-state index < -0.39 is 12.6 Å². The second-order valence-corrected chi connectivity index (χ2v) is 5.48. The Hall–Kier alpha value is -3.06. The third-order valence-electron chi connectivity index (χ3n) is 3.48. The molecule has 0 aliphatic rings. The average molecular weight is 359 g/mol. The molecule has 0 saturated carbocycles. The molecule has 0 aliphatic heterocycles. The number of nitrogens with one attached hydrogen (secondary N) is 1. The first-order valence-corrected chi connectivity index (χ1v) is 7.98. The SMILES string of the molecule is COCCOc1ccc(C(=O)Nc2ccc(OCC(=O)O)cc2C)cc1. The van der Waals surface area contributed by atoms with Crippen molar-refractivity contribution in [3.63, 3.8) is 0 Å². The number of carboxylic acid groups (broad SMARTS) is 1. The van der Waals surface area contributed by atoms with Gasteiger partial charge in [0.2, 0.25) is 0 Å². The summed E-state index contributed by atoms with van der Waals surface area (Å²) < 4.78 is 15.5. The maximum Gasteiger partial charge on any atom is 0.341 e. The highest BCUT2D eigenvalue weighted by atomic mass is 16.5. The molecular formula is C19H21NO6. The number of benzene rings is 2. The molecule has 0 radical (unpaired) electrons. The third-order valence-corrected chi connectivity index (χ3v) is 3.48. The maximum atomic E-state index is 12.4. The standard InChI is InChI=1S/C19H21NO6/c1-13-11-16(26-12-18(21)22)7-8-17(13)20-19(23)14-3-5-15(6-4-14)25-10-9-24-2/h3-8,11H,9-10,12H2,1-2H3,(H,20,23)(H,21,22). The first-order valence-electron chi connectivity index (χ1n) is 7.98. The molecule has 138 valence electrons. The van der Waals surface area contributed by atoms with Crippen molar-refractivity contribution in [3.05, 3.63) is 53.6 Å². The number of amides is 1. The van der Waals surface area contributed by atoms with E-state index in [4.69, 9.17) is 19.3 Å². The van der Waals surface area contributed by atoms with Gasteiger partial charge in [0.15, 0.2) is 6.61 Å². The van der Waals surface area contributed by atoms with E-state index in [1.165, 1.54) is 0 Å². The molecule has 2 aromatic carbocycles. The minimum Gasteiger partial charge on any atom is -0.491 e. The number of carbonyl (C=O) groups excluding carboxylic acids is 1. The number of ether oxygens (including phenoxy) is 3. The van der Waals surface area contributed by atoms with Crippen molar-refractivity contribution >= 4 is 17.6 Å². The molecule has 0 bridgehead atoms. The smallest absolute Gasteiger partial charge is 0.341 e. The van der Waals surface area contributed by atoms with Crippen LogP contribution in [0.5, 0.6) is 11.5 Å². The quantitative estimate of drug-likeness (QED) is 0.669. The van der Waals surface area contributed by atoms with Gasteiger partial charge in [-0.15, -0.1) is 0 Å². The van der Waals surface area contributed by atoms with Crippen molar-refractivity contribution in [1.29, 1.82) is 0 Å². The Morgan fingerprint density at radius 2 is 1.69 bits per heavy atom. The second kappa shape index (κ2) is 9.43. The van der Waals surface area contributed by atoms with Crippen LogP contribution in [0.3, 0.4) is 0 Å². The molecule has 2 rings (SSSR count). The van der Waals surface area contributed by atoms with E-state index >= 15 is 0 Å². The lowest BCUT2D eigenvalue weighted by molar-refractivity contribution is -0.139. The highest BCUT2D eigenvalue weighted by Crippen LogP contribution is 2.22. The molecule has 0 aliphatic carbocycles. The van der Waals surface area contributed by atoms with Crippen molar-refractivity contribution in [2.75, 3.05) is 32.2 Å². The topological polar surface area (TPSA) is 94.1 Å². The maximum absolute atomic E-state index is 12.4. The fourth-order valence-electron chi connectivity index (χ4n) is 2.15. The molecule has 0 unspecified atom stereocenters. The van der Waals surface area contributed by atoms with Gasteiger partial charge in [0, 0.05) is 18.4 Å². The largest absolute Gasteiger partial charge is 0.491 e. The lowest BCUT2D eigenvalue weighted by Crippen LogP contribution is -2.13. The summed E-state index contributed by atoms with van der Waals surface area (Å²) in [6.45, 7) is 2.32. The van der Waals surface area contributed by atoms with Gasteiger partial charge in [-0.2, -0.15) is 0 Å². The van der Waals surface area contributed by atoms with Crippen LogP contribution in [0.4, 0.5) is 5.69 Å². The zero-order valence-corrected chi connectivity index (χ0v) is 14.7. The number of hydrogen-bond donors (Lipinski definition) is 2. The van der Waals surface area contributed by atoms with Crippen molar-refractivity contribution in [1.82, 2.24) is 0 Å². The zero-order chi connectivity index (χ0) is 18.9. The normalized spacial score (nSPS) is 10.2. The molecule has 0 fully saturated rings. The first-order chi connectivity index (χ1) is 12.5. The van der Waals surface area contributed by atoms with Crippen LogP contribution in [0.2, 0.25) is 0 Å². The van der Waals surface area contributed by atoms with Crippen LogP contribution in [0, 0.1) is 6.92 Å². The van der Waals surface area contributed by atoms with E-state index in [-0.39, 0.29) is 5.91 Å². The number of rotatable bonds is 9. The van der Waals surface area contributed by atoms with Crippen molar-refractivity contribution < 1.29 is 28.9 Å². The van der Waals surface area contributed by atoms with Gasteiger partial charge in [-0.05, 0) is 55.0 Å². The van der Waals surface area contributed by atoms with Gasteiger partial charge in [-0.25, -0.2) is 4.79 Å². The summed E-state index contributed by atoms with van der Waals surface area (Å²) in [5.74, 6) is -0.208. The van der Waals surface area contributed by atoms with Crippen LogP contribution in [-0.4, -0.2) is 43.9 Å². The lowest BCUT2D eigenvalue weighted by atomic mass is 10.1. The van der Waals surface area contributed by atoms with E-state index in [1.54, 1.807) is 56.5 Å². The number of carboxylic acids is 1. The monoisotopic (exact) mass is 359 g/mol. The van der Waals surface area contributed by atoms with E-state index in [0.717, 1.165) is 5.56 Å². The molecule has 7 heteroatoms. The van der Waals surface area contributed by atoms with Gasteiger partial charge in [-0.3, -0.25) is 4.79 Å². The molecule has 26 heavy (non-hydrogen) atoms. The van der Waals surface area contributed by atoms with Crippen LogP contribution < -0.4 is 14.8 Å². The van der Waals surface area contributed by atoms with Gasteiger partial charge in [-0.1, -0.05) is 0 Å². The number of carbonyl (C=O) groups is 2. The summed E-state index contributed by atoms with van der Waals surface area (Å²) in [5, 5.41) is 11.4. The van der Waals surface area contributed by atoms with Crippen molar-refractivity contribution in [2.24, 2.45) is 0 Å². The van der Waals surface area contributed by atoms with E-state index in [9.17, 15) is 9.59 Å². The zero-order valence-electron chi connectivity index (χ0n) is 14.7. The van der Waals surface area contributed by atoms with Crippen LogP contribution in [0.15, 0.2) is 42.5 Å². The van der Waals surface area contributed by atoms with Crippen LogP contribution >= 0.6 is 0 Å². The molecule has 0 aromatic heterocycles. The Morgan fingerprint density at radius 1 is 1.00 bits per heavy atom. The predicted molar refractivity (Wildman–Crippen MR) is 96.1 cm³/mol. The van der Waals surface area contributed by atoms with Crippen LogP contribution in [0.25, 0.3) is 0 Å². The van der Waals surface area contributed by atoms with Gasteiger partial charge in [0.05, 0.1) is 6.61 Å². The Labute approximate surface area is 151 Å². The van der Waals surface area contributed by atoms with E-state index in [2.05, 4.69) is 5.32 Å². The van der Waals surface area contributed by atoms with Gasteiger partial charge >= 0.3 is 5.97 Å². The number of anilines is 1. The number of hydrogen-bond acceptors (Lipinski definition) is 5. The van der Waals surface area contributed by atoms with E-state index in [0.29, 0.717) is 36.0 Å². The molecule has 7 nitrogen and oxygen atoms in total. The van der Waals surface area contributed by atoms with Gasteiger partial charge in [0.1, 0.15) is 18.1 Å². The summed E-state index contributed by atoms with van der Waals surface area (Å²) in [6.07, 6.45) is 0. The summed E-state index contributed by atoms with van der Waals surface area (Å²) in [7, 11) is 1.60. The summed E-state index contributed by atoms with van der Waals surface area (Å²) in [4.78, 5) is 22.9. The van der Waals surface area contributed by atoms with Gasteiger partial charge in [0.25, 0.3) is 5.91 Å². The number of methoxy groups -OCH3 is 1. The first kappa shape index (κ1) is 19.3. The molecule has 2 aromatic rings. The Bertz CT molecular complexity index is 757. The highest BCUT2D eigenvalue weighted by Gasteiger charge is 2.09. The number of aryl methyl sites for hydroxylation is 1. The van der Waals surface area contributed by atoms with Crippen molar-refractivity contribution in [3.8, 4) is 11.5 Å². The van der Waals surface area contributed by atoms with Crippen LogP contribution in [-0.2, 0) is 9.53 Å². The Morgan fingerprint density at radius 3 is 2.31 bits per heavy atom. The van der Waals surface area contributed by atoms with Crippen molar-refractivity contribution in [2.45, 2.75) is 6.92 Å². The van der Waals surface area contributed by atoms with Crippen LogP contribution in [0.1, 0.15) is 15.9 Å². The minimum absolute atomic E-state index is 0.254. The lowest BCUT2D eigenvalue weighted by Gasteiger charge is -2.11. The Kier molecular flexibility index (Phi) is 6.99. The Balaban J connectivity index is 1.97. The fourth-order valence-corrected chi connectivity index (χ4v) is 2.15. The van der Waals surface area contributed by atoms with Gasteiger partial charge < -0.3 is 24.6 Å². The predicted octanol–water partition coefficient (Wildman–Crippen LogP) is 2.74. The second-order valence-electron chi connectivity index (χ2n) is 5.48. The molecule has 0 atom stereocenters. The molecular weight excluding hydrogens is 338 g/mol. The fraction of sp³-hybridized carbons (Fsp3) is 0.263. The molecule has 0 saturated heterocycles. The summed E-state index contributed by atoms with van der Waals surface area (Å²) in [5.41, 5.74) is 1.88. The summed E-state index contributed by atoms with van der Waals surface area (Å²) in [6, 6.07) is 11.8. The molecule has 0 spiro atoms. The van der Waals surface area contributed by atoms with E-state index in [1.807, 2.05) is 0 Å². The average Bonchev–Trinajstić information content (AvgIpc) is 2.62. The molecule has 2 N–H and O–H groups in total. The number of aliphatic carboxylic acids is 1. The third kappa shape index (κ3) is 5.78.